The molecule has 0 aliphatic rings. The minimum atomic E-state index is -1.29. The van der Waals surface area contributed by atoms with Crippen LogP contribution in [-0.2, 0) is 30.4 Å². The number of carboxylic acids is 1. The van der Waals surface area contributed by atoms with Crippen molar-refractivity contribution >= 4 is 42.2 Å². The number of rotatable bonds is 14. The minimum absolute atomic E-state index is 0.000209. The summed E-state index contributed by atoms with van der Waals surface area (Å²) < 4.78 is 0. The van der Waals surface area contributed by atoms with Crippen molar-refractivity contribution in [3.8, 4) is 5.75 Å². The number of nitrogens with one attached hydrogen (secondary N) is 3. The molecular formula is C22H33N5O7S. The Balaban J connectivity index is 3.05. The van der Waals surface area contributed by atoms with Crippen molar-refractivity contribution in [1.82, 2.24) is 16.0 Å². The SMILES string of the molecule is CC(C)C(NC(=O)C(N)CCC(N)=O)C(=O)NC(Cc1ccc(O)cc1)C(=O)NC(CS)C(=O)O. The summed E-state index contributed by atoms with van der Waals surface area (Å²) in [6.45, 7) is 3.35. The van der Waals surface area contributed by atoms with Gasteiger partial charge in [0.1, 0.15) is 23.9 Å². The first kappa shape index (κ1) is 29.7. The van der Waals surface area contributed by atoms with Crippen molar-refractivity contribution in [3.63, 3.8) is 0 Å². The fourth-order valence-corrected chi connectivity index (χ4v) is 3.27. The molecule has 0 bridgehead atoms. The van der Waals surface area contributed by atoms with Gasteiger partial charge in [-0.25, -0.2) is 4.79 Å². The fourth-order valence-electron chi connectivity index (χ4n) is 3.02. The molecule has 0 saturated carbocycles. The second-order valence-corrected chi connectivity index (χ2v) is 8.72. The van der Waals surface area contributed by atoms with Gasteiger partial charge in [-0.05, 0) is 30.0 Å². The van der Waals surface area contributed by atoms with Gasteiger partial charge in [-0.3, -0.25) is 19.2 Å². The molecule has 0 aromatic heterocycles. The largest absolute Gasteiger partial charge is 0.508 e. The van der Waals surface area contributed by atoms with E-state index in [9.17, 15) is 34.2 Å². The van der Waals surface area contributed by atoms with Crippen molar-refractivity contribution < 1.29 is 34.2 Å². The smallest absolute Gasteiger partial charge is 0.327 e. The lowest BCUT2D eigenvalue weighted by Gasteiger charge is -2.27. The molecule has 0 fully saturated rings. The summed E-state index contributed by atoms with van der Waals surface area (Å²) in [7, 11) is 0. The minimum Gasteiger partial charge on any atom is -0.508 e. The molecule has 194 valence electrons. The van der Waals surface area contributed by atoms with Crippen molar-refractivity contribution in [1.29, 1.82) is 0 Å². The van der Waals surface area contributed by atoms with E-state index in [4.69, 9.17) is 11.5 Å². The summed E-state index contributed by atoms with van der Waals surface area (Å²) in [5.41, 5.74) is 11.4. The van der Waals surface area contributed by atoms with E-state index in [1.54, 1.807) is 26.0 Å². The number of hydrogen-bond donors (Lipinski definition) is 8. The van der Waals surface area contributed by atoms with Crippen LogP contribution in [0.5, 0.6) is 5.75 Å². The molecule has 0 aliphatic carbocycles. The molecule has 0 aliphatic heterocycles. The lowest BCUT2D eigenvalue weighted by Crippen LogP contribution is -2.59. The summed E-state index contributed by atoms with van der Waals surface area (Å²) in [6, 6.07) is 1.29. The number of aromatic hydroxyl groups is 1. The van der Waals surface area contributed by atoms with Crippen LogP contribution in [-0.4, -0.2) is 69.7 Å². The van der Waals surface area contributed by atoms with E-state index >= 15 is 0 Å². The molecule has 13 heteroatoms. The Kier molecular flexibility index (Phi) is 12.0. The second-order valence-electron chi connectivity index (χ2n) is 8.36. The molecule has 0 saturated heterocycles. The van der Waals surface area contributed by atoms with Crippen molar-refractivity contribution in [2.45, 2.75) is 57.3 Å². The third-order valence-electron chi connectivity index (χ3n) is 5.09. The number of hydrogen-bond acceptors (Lipinski definition) is 8. The van der Waals surface area contributed by atoms with Gasteiger partial charge in [0.2, 0.25) is 23.6 Å². The number of aliphatic carboxylic acids is 1. The number of amides is 4. The van der Waals surface area contributed by atoms with Crippen LogP contribution >= 0.6 is 12.6 Å². The number of carboxylic acid groups (broad SMARTS) is 1. The lowest BCUT2D eigenvalue weighted by atomic mass is 10.00. The van der Waals surface area contributed by atoms with E-state index in [-0.39, 0.29) is 30.8 Å². The zero-order valence-corrected chi connectivity index (χ0v) is 20.5. The number of phenolic OH excluding ortho intramolecular Hbond substituents is 1. The average Bonchev–Trinajstić information content (AvgIpc) is 2.79. The standard InChI is InChI=1S/C22H33N5O7S/c1-11(2)18(27-19(30)14(23)7-8-17(24)29)21(32)25-15(9-12-3-5-13(28)6-4-12)20(31)26-16(10-35)22(33)34/h3-6,11,14-16,18,28,35H,7-10,23H2,1-2H3,(H2,24,29)(H,25,32)(H,26,31)(H,27,30)(H,33,34). The molecule has 4 amide bonds. The maximum absolute atomic E-state index is 13.1. The Hall–Kier alpha value is -3.32. The van der Waals surface area contributed by atoms with Gasteiger partial charge in [0, 0.05) is 18.6 Å². The molecule has 0 spiro atoms. The number of carbonyl (C=O) groups excluding carboxylic acids is 4. The van der Waals surface area contributed by atoms with Crippen LogP contribution in [0.4, 0.5) is 0 Å². The van der Waals surface area contributed by atoms with E-state index in [0.717, 1.165) is 0 Å². The second kappa shape index (κ2) is 14.2. The molecule has 0 heterocycles. The van der Waals surface area contributed by atoms with E-state index in [1.165, 1.54) is 12.1 Å². The third-order valence-corrected chi connectivity index (χ3v) is 5.46. The molecule has 1 rings (SSSR count). The number of benzene rings is 1. The van der Waals surface area contributed by atoms with E-state index in [1.807, 2.05) is 0 Å². The number of primary amides is 1. The summed E-state index contributed by atoms with van der Waals surface area (Å²) in [5.74, 6) is -4.59. The highest BCUT2D eigenvalue weighted by molar-refractivity contribution is 7.80. The van der Waals surface area contributed by atoms with Crippen LogP contribution < -0.4 is 27.4 Å². The maximum atomic E-state index is 13.1. The van der Waals surface area contributed by atoms with Gasteiger partial charge < -0.3 is 37.6 Å². The van der Waals surface area contributed by atoms with Crippen LogP contribution in [0.3, 0.4) is 0 Å². The first-order chi connectivity index (χ1) is 16.3. The van der Waals surface area contributed by atoms with Gasteiger partial charge in [-0.1, -0.05) is 26.0 Å². The Morgan fingerprint density at radius 1 is 0.943 bits per heavy atom. The Morgan fingerprint density at radius 3 is 2.00 bits per heavy atom. The van der Waals surface area contributed by atoms with E-state index < -0.39 is 59.7 Å². The van der Waals surface area contributed by atoms with Crippen LogP contribution in [0.25, 0.3) is 0 Å². The fraction of sp³-hybridized carbons (Fsp3) is 0.500. The summed E-state index contributed by atoms with van der Waals surface area (Å²) in [5, 5.41) is 26.1. The van der Waals surface area contributed by atoms with Gasteiger partial charge in [0.25, 0.3) is 0 Å². The van der Waals surface area contributed by atoms with Crippen LogP contribution in [0.1, 0.15) is 32.3 Å². The molecule has 9 N–H and O–H groups in total. The van der Waals surface area contributed by atoms with Gasteiger partial charge in [0.15, 0.2) is 0 Å². The van der Waals surface area contributed by atoms with Crippen molar-refractivity contribution in [2.24, 2.45) is 17.4 Å². The highest BCUT2D eigenvalue weighted by atomic mass is 32.1. The number of nitrogens with two attached hydrogens (primary N) is 2. The zero-order valence-electron chi connectivity index (χ0n) is 19.6. The van der Waals surface area contributed by atoms with Crippen molar-refractivity contribution in [3.05, 3.63) is 29.8 Å². The van der Waals surface area contributed by atoms with E-state index in [2.05, 4.69) is 28.6 Å². The zero-order chi connectivity index (χ0) is 26.7. The molecule has 4 atom stereocenters. The van der Waals surface area contributed by atoms with Gasteiger partial charge in [-0.2, -0.15) is 12.6 Å². The molecule has 35 heavy (non-hydrogen) atoms. The Morgan fingerprint density at radius 2 is 1.51 bits per heavy atom. The van der Waals surface area contributed by atoms with Gasteiger partial charge in [-0.15, -0.1) is 0 Å². The van der Waals surface area contributed by atoms with Gasteiger partial charge in [0.05, 0.1) is 6.04 Å². The number of carbonyl (C=O) groups is 5. The molecular weight excluding hydrogens is 478 g/mol. The van der Waals surface area contributed by atoms with Gasteiger partial charge >= 0.3 is 5.97 Å². The molecule has 1 aromatic carbocycles. The molecule has 1 aromatic rings. The van der Waals surface area contributed by atoms with Crippen molar-refractivity contribution in [2.75, 3.05) is 5.75 Å². The predicted molar refractivity (Wildman–Crippen MR) is 130 cm³/mol. The first-order valence-corrected chi connectivity index (χ1v) is 11.6. The molecule has 12 nitrogen and oxygen atoms in total. The Bertz CT molecular complexity index is 910. The topological polar surface area (TPSA) is 214 Å². The summed E-state index contributed by atoms with van der Waals surface area (Å²) in [4.78, 5) is 60.6. The first-order valence-electron chi connectivity index (χ1n) is 10.9. The predicted octanol–water partition coefficient (Wildman–Crippen LogP) is -1.35. The summed E-state index contributed by atoms with van der Waals surface area (Å²) in [6.07, 6.45) is -0.120. The maximum Gasteiger partial charge on any atom is 0.327 e. The van der Waals surface area contributed by atoms with Crippen LogP contribution in [0, 0.1) is 5.92 Å². The normalized spacial score (nSPS) is 14.3. The monoisotopic (exact) mass is 511 g/mol. The third kappa shape index (κ3) is 10.2. The molecule has 0 radical (unpaired) electrons. The number of thiol groups is 1. The number of phenols is 1. The van der Waals surface area contributed by atoms with E-state index in [0.29, 0.717) is 5.56 Å². The Labute approximate surface area is 208 Å². The average molecular weight is 512 g/mol. The molecule has 4 unspecified atom stereocenters. The van der Waals surface area contributed by atoms with Crippen LogP contribution in [0.2, 0.25) is 0 Å². The summed E-state index contributed by atoms with van der Waals surface area (Å²) >= 11 is 3.93. The quantitative estimate of drug-likeness (QED) is 0.139. The van der Waals surface area contributed by atoms with Crippen LogP contribution in [0.15, 0.2) is 24.3 Å². The highest BCUT2D eigenvalue weighted by Gasteiger charge is 2.31. The highest BCUT2D eigenvalue weighted by Crippen LogP contribution is 2.12. The lowest BCUT2D eigenvalue weighted by molar-refractivity contribution is -0.141.